The van der Waals surface area contributed by atoms with E-state index in [-0.39, 0.29) is 11.8 Å². The molecule has 1 aliphatic carbocycles. The van der Waals surface area contributed by atoms with E-state index in [1.165, 1.54) is 0 Å². The van der Waals surface area contributed by atoms with Crippen LogP contribution in [-0.4, -0.2) is 40.0 Å². The molecule has 0 unspecified atom stereocenters. The Labute approximate surface area is 222 Å². The van der Waals surface area contributed by atoms with Crippen LogP contribution < -0.4 is 20.7 Å². The molecule has 194 valence electrons. The number of nitrogens with one attached hydrogen (secondary N) is 3. The van der Waals surface area contributed by atoms with Crippen LogP contribution in [0.4, 0.5) is 11.6 Å². The predicted octanol–water partition coefficient (Wildman–Crippen LogP) is 5.55. The Bertz CT molecular complexity index is 1480. The highest BCUT2D eigenvalue weighted by atomic mass is 16.5. The first-order chi connectivity index (χ1) is 18.6. The molecule has 2 fully saturated rings. The fourth-order valence-corrected chi connectivity index (χ4v) is 5.10. The molecule has 3 atom stereocenters. The Kier molecular flexibility index (Phi) is 6.64. The van der Waals surface area contributed by atoms with Crippen LogP contribution in [0.15, 0.2) is 60.9 Å². The van der Waals surface area contributed by atoms with Gasteiger partial charge >= 0.3 is 0 Å². The Morgan fingerprint density at radius 2 is 1.95 bits per heavy atom. The quantitative estimate of drug-likeness (QED) is 0.301. The van der Waals surface area contributed by atoms with E-state index in [2.05, 4.69) is 32.8 Å². The average Bonchev–Trinajstić information content (AvgIpc) is 3.68. The largest absolute Gasteiger partial charge is 0.437 e. The van der Waals surface area contributed by atoms with Crippen LogP contribution in [-0.2, 0) is 4.79 Å². The maximum absolute atomic E-state index is 12.7. The molecule has 4 aromatic rings. The first-order valence-electron chi connectivity index (χ1n) is 13.3. The van der Waals surface area contributed by atoms with Crippen molar-refractivity contribution in [2.24, 2.45) is 11.8 Å². The number of aryl methyl sites for hydroxylation is 1. The number of carbonyl (C=O) groups excluding carboxylic acids is 1. The van der Waals surface area contributed by atoms with Crippen molar-refractivity contribution in [2.75, 3.05) is 23.7 Å². The summed E-state index contributed by atoms with van der Waals surface area (Å²) in [4.78, 5) is 26.4. The molecular weight excluding hydrogens is 476 g/mol. The second kappa shape index (κ2) is 10.4. The van der Waals surface area contributed by atoms with Gasteiger partial charge in [0, 0.05) is 47.4 Å². The van der Waals surface area contributed by atoms with Gasteiger partial charge in [-0.25, -0.2) is 15.0 Å². The zero-order valence-electron chi connectivity index (χ0n) is 21.7. The standard InChI is InChI=1S/C30H32N6O2/c1-18-10-11-21-22(7-3-9-25(21)35-28(37)24-16-19(24)2)27(18)38-29-23(8-5-14-32-29)26-12-15-33-30(36-26)34-20-6-4-13-31-17-20/h3,5,7-12,14-15,19-20,24,31H,4,6,13,16-17H2,1-2H3,(H,35,37)(H,33,34,36)/t19-,20+,24+/m1/s1. The second-order valence-corrected chi connectivity index (χ2v) is 10.3. The molecule has 2 aromatic carbocycles. The minimum absolute atomic E-state index is 0.0808. The Hall–Kier alpha value is -4.04. The summed E-state index contributed by atoms with van der Waals surface area (Å²) in [6, 6.07) is 16.0. The highest BCUT2D eigenvalue weighted by Gasteiger charge is 2.39. The smallest absolute Gasteiger partial charge is 0.228 e. The first-order valence-corrected chi connectivity index (χ1v) is 13.3. The molecular formula is C30H32N6O2. The summed E-state index contributed by atoms with van der Waals surface area (Å²) in [5, 5.41) is 11.8. The van der Waals surface area contributed by atoms with Gasteiger partial charge in [-0.2, -0.15) is 0 Å². The molecule has 38 heavy (non-hydrogen) atoms. The van der Waals surface area contributed by atoms with Gasteiger partial charge in [0.1, 0.15) is 5.75 Å². The number of aromatic nitrogens is 3. The number of anilines is 2. The fourth-order valence-electron chi connectivity index (χ4n) is 5.10. The van der Waals surface area contributed by atoms with Crippen LogP contribution in [0.25, 0.3) is 22.0 Å². The van der Waals surface area contributed by atoms with E-state index in [4.69, 9.17) is 9.72 Å². The van der Waals surface area contributed by atoms with Crippen LogP contribution in [0, 0.1) is 18.8 Å². The number of fused-ring (bicyclic) bond motifs is 1. The molecule has 1 aliphatic heterocycles. The lowest BCUT2D eigenvalue weighted by Crippen LogP contribution is -2.38. The van der Waals surface area contributed by atoms with Gasteiger partial charge in [0.15, 0.2) is 0 Å². The van der Waals surface area contributed by atoms with Crippen molar-refractivity contribution in [1.82, 2.24) is 20.3 Å². The van der Waals surface area contributed by atoms with Crippen LogP contribution >= 0.6 is 0 Å². The van der Waals surface area contributed by atoms with Crippen molar-refractivity contribution in [1.29, 1.82) is 0 Å². The predicted molar refractivity (Wildman–Crippen MR) is 149 cm³/mol. The Morgan fingerprint density at radius 1 is 1.05 bits per heavy atom. The Balaban J connectivity index is 1.31. The maximum atomic E-state index is 12.7. The second-order valence-electron chi connectivity index (χ2n) is 10.3. The lowest BCUT2D eigenvalue weighted by Gasteiger charge is -2.23. The molecule has 1 saturated carbocycles. The van der Waals surface area contributed by atoms with Crippen molar-refractivity contribution in [3.8, 4) is 22.9 Å². The fraction of sp³-hybridized carbons (Fsp3) is 0.333. The summed E-state index contributed by atoms with van der Waals surface area (Å²) in [6.45, 7) is 6.07. The number of amides is 1. The van der Waals surface area contributed by atoms with Gasteiger partial charge in [0.2, 0.25) is 17.7 Å². The third kappa shape index (κ3) is 5.04. The van der Waals surface area contributed by atoms with Gasteiger partial charge in [-0.15, -0.1) is 0 Å². The van der Waals surface area contributed by atoms with Gasteiger partial charge < -0.3 is 20.7 Å². The molecule has 0 bridgehead atoms. The zero-order chi connectivity index (χ0) is 26.1. The molecule has 2 aromatic heterocycles. The van der Waals surface area contributed by atoms with Gasteiger partial charge in [0.25, 0.3) is 0 Å². The highest BCUT2D eigenvalue weighted by molar-refractivity contribution is 6.05. The van der Waals surface area contributed by atoms with Crippen LogP contribution in [0.5, 0.6) is 11.6 Å². The summed E-state index contributed by atoms with van der Waals surface area (Å²) in [5.41, 5.74) is 3.28. The number of piperidine rings is 1. The molecule has 1 saturated heterocycles. The van der Waals surface area contributed by atoms with Crippen LogP contribution in [0.3, 0.4) is 0 Å². The number of hydrogen-bond acceptors (Lipinski definition) is 7. The van der Waals surface area contributed by atoms with Crippen molar-refractivity contribution in [3.63, 3.8) is 0 Å². The number of rotatable bonds is 7. The first kappa shape index (κ1) is 24.3. The van der Waals surface area contributed by atoms with Crippen LogP contribution in [0.2, 0.25) is 0 Å². The average molecular weight is 509 g/mol. The van der Waals surface area contributed by atoms with E-state index >= 15 is 0 Å². The number of benzene rings is 2. The van der Waals surface area contributed by atoms with E-state index in [0.717, 1.165) is 65.6 Å². The van der Waals surface area contributed by atoms with E-state index < -0.39 is 0 Å². The number of pyridine rings is 1. The minimum Gasteiger partial charge on any atom is -0.437 e. The monoisotopic (exact) mass is 508 g/mol. The topological polar surface area (TPSA) is 101 Å². The van der Waals surface area contributed by atoms with E-state index in [9.17, 15) is 4.79 Å². The third-order valence-corrected chi connectivity index (χ3v) is 7.44. The van der Waals surface area contributed by atoms with Crippen molar-refractivity contribution in [2.45, 2.75) is 39.2 Å². The molecule has 0 spiro atoms. The van der Waals surface area contributed by atoms with Crippen LogP contribution in [0.1, 0.15) is 31.7 Å². The summed E-state index contributed by atoms with van der Waals surface area (Å²) >= 11 is 0. The Morgan fingerprint density at radius 3 is 2.76 bits per heavy atom. The van der Waals surface area contributed by atoms with Crippen molar-refractivity contribution in [3.05, 3.63) is 66.5 Å². The summed E-state index contributed by atoms with van der Waals surface area (Å²) in [5.74, 6) is 2.40. The summed E-state index contributed by atoms with van der Waals surface area (Å²) in [6.07, 6.45) is 6.65. The van der Waals surface area contributed by atoms with Gasteiger partial charge in [-0.05, 0) is 68.5 Å². The highest BCUT2D eigenvalue weighted by Crippen LogP contribution is 2.41. The SMILES string of the molecule is Cc1ccc2c(NC(=O)[C@H]3C[C@H]3C)cccc2c1Oc1ncccc1-c1ccnc(N[C@H]2CCCNC2)n1. The minimum atomic E-state index is 0.0808. The third-order valence-electron chi connectivity index (χ3n) is 7.44. The van der Waals surface area contributed by atoms with Gasteiger partial charge in [0.05, 0.1) is 11.3 Å². The lowest BCUT2D eigenvalue weighted by atomic mass is 10.0. The molecule has 2 aliphatic rings. The summed E-state index contributed by atoms with van der Waals surface area (Å²) < 4.78 is 6.52. The molecule has 6 rings (SSSR count). The van der Waals surface area contributed by atoms with Gasteiger partial charge in [-0.3, -0.25) is 4.79 Å². The summed E-state index contributed by atoms with van der Waals surface area (Å²) in [7, 11) is 0. The van der Waals surface area contributed by atoms with Gasteiger partial charge in [-0.1, -0.05) is 31.2 Å². The van der Waals surface area contributed by atoms with E-state index in [0.29, 0.717) is 29.5 Å². The molecule has 3 N–H and O–H groups in total. The zero-order valence-corrected chi connectivity index (χ0v) is 21.7. The molecule has 0 radical (unpaired) electrons. The molecule has 3 heterocycles. The molecule has 1 amide bonds. The lowest BCUT2D eigenvalue weighted by molar-refractivity contribution is -0.117. The maximum Gasteiger partial charge on any atom is 0.228 e. The van der Waals surface area contributed by atoms with Crippen molar-refractivity contribution < 1.29 is 9.53 Å². The number of carbonyl (C=O) groups is 1. The van der Waals surface area contributed by atoms with Crippen molar-refractivity contribution >= 4 is 28.3 Å². The number of ether oxygens (including phenoxy) is 1. The molecule has 8 heteroatoms. The number of nitrogens with zero attached hydrogens (tertiary/aromatic N) is 3. The van der Waals surface area contributed by atoms with E-state index in [1.807, 2.05) is 55.5 Å². The normalized spacial score (nSPS) is 20.6. The number of hydrogen-bond donors (Lipinski definition) is 3. The van der Waals surface area contributed by atoms with E-state index in [1.54, 1.807) is 12.4 Å². The molecule has 8 nitrogen and oxygen atoms in total.